The van der Waals surface area contributed by atoms with Gasteiger partial charge in [-0.15, -0.1) is 11.3 Å². The highest BCUT2D eigenvalue weighted by Gasteiger charge is 2.20. The number of hydrogen-bond donors (Lipinski definition) is 1. The van der Waals surface area contributed by atoms with Crippen LogP contribution in [0.15, 0.2) is 40.5 Å². The molecule has 0 saturated carbocycles. The lowest BCUT2D eigenvalue weighted by atomic mass is 10.1. The van der Waals surface area contributed by atoms with Crippen molar-refractivity contribution in [2.45, 2.75) is 19.9 Å². The Bertz CT molecular complexity index is 1040. The summed E-state index contributed by atoms with van der Waals surface area (Å²) in [4.78, 5) is 37.4. The van der Waals surface area contributed by atoms with E-state index < -0.39 is 11.9 Å². The van der Waals surface area contributed by atoms with Crippen LogP contribution in [0.25, 0.3) is 10.8 Å². The zero-order valence-corrected chi connectivity index (χ0v) is 15.1. The van der Waals surface area contributed by atoms with Crippen molar-refractivity contribution in [1.82, 2.24) is 9.78 Å². The molecule has 8 heteroatoms. The molecule has 3 aromatic rings. The number of thiophene rings is 1. The molecule has 0 aliphatic carbocycles. The van der Waals surface area contributed by atoms with Crippen molar-refractivity contribution in [2.75, 3.05) is 12.4 Å². The van der Waals surface area contributed by atoms with Crippen LogP contribution in [0.4, 0.5) is 5.69 Å². The number of ether oxygens (including phenoxy) is 1. The maximum absolute atomic E-state index is 12.8. The first-order chi connectivity index (χ1) is 12.6. The molecule has 1 aromatic carbocycles. The summed E-state index contributed by atoms with van der Waals surface area (Å²) in [7, 11) is 1.28. The van der Waals surface area contributed by atoms with Gasteiger partial charge in [0.15, 0.2) is 5.69 Å². The lowest BCUT2D eigenvalue weighted by Crippen LogP contribution is -2.27. The van der Waals surface area contributed by atoms with Gasteiger partial charge in [-0.2, -0.15) is 5.10 Å². The number of amides is 1. The highest BCUT2D eigenvalue weighted by molar-refractivity contribution is 7.12. The highest BCUT2D eigenvalue weighted by Crippen LogP contribution is 2.24. The summed E-state index contributed by atoms with van der Waals surface area (Å²) < 4.78 is 6.02. The number of methoxy groups -OCH3 is 1. The van der Waals surface area contributed by atoms with Crippen molar-refractivity contribution < 1.29 is 14.3 Å². The Morgan fingerprint density at radius 1 is 1.23 bits per heavy atom. The molecular formula is C18H17N3O4S. The summed E-state index contributed by atoms with van der Waals surface area (Å²) >= 11 is 1.17. The predicted molar refractivity (Wildman–Crippen MR) is 99.9 cm³/mol. The van der Waals surface area contributed by atoms with Gasteiger partial charge in [0.05, 0.1) is 18.2 Å². The third kappa shape index (κ3) is 3.23. The second-order valence-corrected chi connectivity index (χ2v) is 6.45. The van der Waals surface area contributed by atoms with Gasteiger partial charge in [0.2, 0.25) is 0 Å². The normalized spacial score (nSPS) is 10.7. The lowest BCUT2D eigenvalue weighted by Gasteiger charge is -2.11. The van der Waals surface area contributed by atoms with Crippen molar-refractivity contribution in [1.29, 1.82) is 0 Å². The fourth-order valence-corrected chi connectivity index (χ4v) is 3.37. The number of rotatable bonds is 5. The van der Waals surface area contributed by atoms with Gasteiger partial charge in [0, 0.05) is 11.9 Å². The molecule has 0 aliphatic rings. The van der Waals surface area contributed by atoms with Crippen LogP contribution in [-0.2, 0) is 11.3 Å². The topological polar surface area (TPSA) is 90.3 Å². The largest absolute Gasteiger partial charge is 0.465 e. The maximum Gasteiger partial charge on any atom is 0.350 e. The van der Waals surface area contributed by atoms with Crippen LogP contribution in [0.5, 0.6) is 0 Å². The number of fused-ring (bicyclic) bond motifs is 1. The Balaban J connectivity index is 2.06. The first-order valence-electron chi connectivity index (χ1n) is 8.03. The first kappa shape index (κ1) is 17.8. The third-order valence-electron chi connectivity index (χ3n) is 3.80. The molecule has 0 spiro atoms. The van der Waals surface area contributed by atoms with Crippen LogP contribution in [0.1, 0.15) is 33.5 Å². The lowest BCUT2D eigenvalue weighted by molar-refractivity contribution is 0.0607. The van der Waals surface area contributed by atoms with Gasteiger partial charge in [0.1, 0.15) is 4.88 Å². The molecule has 0 fully saturated rings. The minimum absolute atomic E-state index is 0.135. The Morgan fingerprint density at radius 3 is 2.65 bits per heavy atom. The van der Waals surface area contributed by atoms with E-state index in [2.05, 4.69) is 10.4 Å². The molecule has 0 atom stereocenters. The zero-order chi connectivity index (χ0) is 18.7. The van der Waals surface area contributed by atoms with Crippen molar-refractivity contribution in [2.24, 2.45) is 0 Å². The van der Waals surface area contributed by atoms with Gasteiger partial charge in [-0.3, -0.25) is 9.59 Å². The van der Waals surface area contributed by atoms with Crippen LogP contribution < -0.4 is 10.9 Å². The SMILES string of the molecule is CCCn1nc(C(=O)Nc2ccsc2C(=O)OC)c2ccccc2c1=O. The smallest absolute Gasteiger partial charge is 0.350 e. The van der Waals surface area contributed by atoms with Crippen molar-refractivity contribution in [3.63, 3.8) is 0 Å². The summed E-state index contributed by atoms with van der Waals surface area (Å²) in [6, 6.07) is 8.47. The van der Waals surface area contributed by atoms with Gasteiger partial charge in [-0.1, -0.05) is 25.1 Å². The summed E-state index contributed by atoms with van der Waals surface area (Å²) in [6.45, 7) is 2.34. The monoisotopic (exact) mass is 371 g/mol. The van der Waals surface area contributed by atoms with E-state index in [0.717, 1.165) is 0 Å². The average Bonchev–Trinajstić information content (AvgIpc) is 3.11. The van der Waals surface area contributed by atoms with Crippen molar-refractivity contribution in [3.05, 3.63) is 56.6 Å². The average molecular weight is 371 g/mol. The number of benzene rings is 1. The van der Waals surface area contributed by atoms with Gasteiger partial charge < -0.3 is 10.1 Å². The number of hydrogen-bond acceptors (Lipinski definition) is 6. The number of carbonyl (C=O) groups is 2. The van der Waals surface area contributed by atoms with Crippen LogP contribution in [0.2, 0.25) is 0 Å². The minimum Gasteiger partial charge on any atom is -0.465 e. The van der Waals surface area contributed by atoms with Gasteiger partial charge in [-0.05, 0) is 23.9 Å². The molecule has 3 rings (SSSR count). The van der Waals surface area contributed by atoms with Crippen LogP contribution >= 0.6 is 11.3 Å². The first-order valence-corrected chi connectivity index (χ1v) is 8.91. The molecule has 1 amide bonds. The van der Waals surface area contributed by atoms with Crippen LogP contribution in [0.3, 0.4) is 0 Å². The molecule has 0 bridgehead atoms. The van der Waals surface area contributed by atoms with Crippen molar-refractivity contribution >= 4 is 39.7 Å². The van der Waals surface area contributed by atoms with E-state index >= 15 is 0 Å². The number of aryl methyl sites for hydroxylation is 1. The predicted octanol–water partition coefficient (Wildman–Crippen LogP) is 2.91. The fourth-order valence-electron chi connectivity index (χ4n) is 2.61. The highest BCUT2D eigenvalue weighted by atomic mass is 32.1. The number of aromatic nitrogens is 2. The van der Waals surface area contributed by atoms with E-state index in [4.69, 9.17) is 4.74 Å². The molecule has 0 radical (unpaired) electrons. The molecule has 134 valence electrons. The molecular weight excluding hydrogens is 354 g/mol. The Hall–Kier alpha value is -3.00. The maximum atomic E-state index is 12.8. The van der Waals surface area contributed by atoms with E-state index in [0.29, 0.717) is 34.3 Å². The number of anilines is 1. The molecule has 1 N–H and O–H groups in total. The summed E-state index contributed by atoms with van der Waals surface area (Å²) in [5, 5.41) is 9.53. The van der Waals surface area contributed by atoms with Gasteiger partial charge in [0.25, 0.3) is 11.5 Å². The molecule has 2 aromatic heterocycles. The minimum atomic E-state index is -0.524. The Labute approximate surface area is 153 Å². The summed E-state index contributed by atoms with van der Waals surface area (Å²) in [6.07, 6.45) is 0.712. The van der Waals surface area contributed by atoms with Crippen LogP contribution in [0, 0.1) is 0 Å². The number of nitrogens with one attached hydrogen (secondary N) is 1. The van der Waals surface area contributed by atoms with E-state index in [1.54, 1.807) is 35.7 Å². The van der Waals surface area contributed by atoms with Crippen molar-refractivity contribution in [3.8, 4) is 0 Å². The molecule has 0 unspecified atom stereocenters. The molecule has 2 heterocycles. The van der Waals surface area contributed by atoms with Gasteiger partial charge >= 0.3 is 5.97 Å². The molecule has 0 saturated heterocycles. The number of nitrogens with zero attached hydrogens (tertiary/aromatic N) is 2. The van der Waals surface area contributed by atoms with E-state index in [1.165, 1.54) is 23.1 Å². The summed E-state index contributed by atoms with van der Waals surface area (Å²) in [5.74, 6) is -1.02. The Morgan fingerprint density at radius 2 is 1.96 bits per heavy atom. The van der Waals surface area contributed by atoms with E-state index in [1.807, 2.05) is 6.92 Å². The zero-order valence-electron chi connectivity index (χ0n) is 14.3. The molecule has 7 nitrogen and oxygen atoms in total. The number of carbonyl (C=O) groups excluding carboxylic acids is 2. The van der Waals surface area contributed by atoms with Crippen LogP contribution in [-0.4, -0.2) is 28.8 Å². The summed E-state index contributed by atoms with van der Waals surface area (Å²) in [5.41, 5.74) is 0.256. The van der Waals surface area contributed by atoms with E-state index in [-0.39, 0.29) is 11.3 Å². The van der Waals surface area contributed by atoms with Gasteiger partial charge in [-0.25, -0.2) is 9.48 Å². The second kappa shape index (κ2) is 7.49. The fraction of sp³-hybridized carbons (Fsp3) is 0.222. The van der Waals surface area contributed by atoms with E-state index in [9.17, 15) is 14.4 Å². The molecule has 0 aliphatic heterocycles. The third-order valence-corrected chi connectivity index (χ3v) is 4.70. The molecule has 26 heavy (non-hydrogen) atoms. The number of esters is 1. The quantitative estimate of drug-likeness (QED) is 0.697. The standard InChI is InChI=1S/C18H17N3O4S/c1-3-9-21-17(23)12-7-5-4-6-11(12)14(20-21)16(22)19-13-8-10-26-15(13)18(24)25-2/h4-8,10H,3,9H2,1-2H3,(H,19,22). The Kier molecular flexibility index (Phi) is 5.13. The second-order valence-electron chi connectivity index (χ2n) is 5.53.